The van der Waals surface area contributed by atoms with Crippen molar-refractivity contribution in [2.24, 2.45) is 0 Å². The van der Waals surface area contributed by atoms with Crippen molar-refractivity contribution in [2.75, 3.05) is 31.6 Å². The Labute approximate surface area is 253 Å². The number of carbonyl (C=O) groups is 2. The molecular weight excluding hydrogens is 578 g/mol. The maximum Gasteiger partial charge on any atom is 0.264 e. The van der Waals surface area contributed by atoms with Crippen LogP contribution in [-0.4, -0.2) is 58.5 Å². The van der Waals surface area contributed by atoms with Crippen molar-refractivity contribution in [1.82, 2.24) is 10.2 Å². The summed E-state index contributed by atoms with van der Waals surface area (Å²) in [5.41, 5.74) is 0.746. The van der Waals surface area contributed by atoms with Gasteiger partial charge < -0.3 is 19.7 Å². The predicted octanol–water partition coefficient (Wildman–Crippen LogP) is 5.28. The van der Waals surface area contributed by atoms with Gasteiger partial charge in [-0.05, 0) is 48.7 Å². The van der Waals surface area contributed by atoms with Crippen LogP contribution in [0.3, 0.4) is 0 Å². The SMILES string of the molecule is CCCCNC(=O)[C@@H](CC)N(Cc1ccccc1Cl)C(=O)CN(c1cc(OC)ccc1OC)S(=O)(=O)c1ccccc1. The lowest BCUT2D eigenvalue weighted by Gasteiger charge is -2.33. The molecule has 0 aliphatic heterocycles. The van der Waals surface area contributed by atoms with Crippen LogP contribution in [0.25, 0.3) is 0 Å². The highest BCUT2D eigenvalue weighted by molar-refractivity contribution is 7.92. The van der Waals surface area contributed by atoms with Crippen LogP contribution in [0.2, 0.25) is 5.02 Å². The third kappa shape index (κ3) is 7.95. The summed E-state index contributed by atoms with van der Waals surface area (Å²) in [5.74, 6) is -0.300. The highest BCUT2D eigenvalue weighted by Crippen LogP contribution is 2.36. The lowest BCUT2D eigenvalue weighted by atomic mass is 10.1. The van der Waals surface area contributed by atoms with E-state index in [2.05, 4.69) is 5.32 Å². The predicted molar refractivity (Wildman–Crippen MR) is 165 cm³/mol. The molecule has 0 aliphatic rings. The topological polar surface area (TPSA) is 105 Å². The Kier molecular flexibility index (Phi) is 12.1. The molecule has 0 aliphatic carbocycles. The molecule has 3 rings (SSSR count). The molecular formula is C31H38ClN3O6S. The van der Waals surface area contributed by atoms with Gasteiger partial charge in [-0.15, -0.1) is 0 Å². The Bertz CT molecular complexity index is 1450. The second-order valence-corrected chi connectivity index (χ2v) is 11.8. The van der Waals surface area contributed by atoms with E-state index in [1.54, 1.807) is 61.5 Å². The Morgan fingerprint density at radius 1 is 0.952 bits per heavy atom. The van der Waals surface area contributed by atoms with Gasteiger partial charge in [0, 0.05) is 24.2 Å². The normalized spacial score (nSPS) is 11.8. The van der Waals surface area contributed by atoms with Crippen LogP contribution in [0.1, 0.15) is 38.7 Å². The van der Waals surface area contributed by atoms with Gasteiger partial charge in [0.15, 0.2) is 0 Å². The number of hydrogen-bond acceptors (Lipinski definition) is 6. The highest BCUT2D eigenvalue weighted by Gasteiger charge is 2.35. The van der Waals surface area contributed by atoms with Crippen LogP contribution in [0.4, 0.5) is 5.69 Å². The average Bonchev–Trinajstić information content (AvgIpc) is 3.00. The first kappa shape index (κ1) is 32.8. The smallest absolute Gasteiger partial charge is 0.264 e. The fourth-order valence-electron chi connectivity index (χ4n) is 4.46. The molecule has 0 saturated carbocycles. The molecule has 3 aromatic rings. The monoisotopic (exact) mass is 615 g/mol. The van der Waals surface area contributed by atoms with Crippen molar-refractivity contribution in [1.29, 1.82) is 0 Å². The molecule has 1 atom stereocenters. The van der Waals surface area contributed by atoms with Crippen molar-refractivity contribution in [2.45, 2.75) is 50.6 Å². The zero-order chi connectivity index (χ0) is 30.7. The van der Waals surface area contributed by atoms with Gasteiger partial charge in [0.2, 0.25) is 11.8 Å². The van der Waals surface area contributed by atoms with Crippen molar-refractivity contribution < 1.29 is 27.5 Å². The molecule has 0 heterocycles. The van der Waals surface area contributed by atoms with E-state index in [-0.39, 0.29) is 28.8 Å². The largest absolute Gasteiger partial charge is 0.497 e. The number of nitrogens with one attached hydrogen (secondary N) is 1. The number of benzene rings is 3. The molecule has 0 aromatic heterocycles. The summed E-state index contributed by atoms with van der Waals surface area (Å²) in [6.45, 7) is 3.69. The number of amides is 2. The Hall–Kier alpha value is -3.76. The molecule has 0 saturated heterocycles. The summed E-state index contributed by atoms with van der Waals surface area (Å²) < 4.78 is 40.0. The molecule has 0 unspecified atom stereocenters. The van der Waals surface area contributed by atoms with E-state index in [1.165, 1.54) is 37.3 Å². The minimum Gasteiger partial charge on any atom is -0.497 e. The van der Waals surface area contributed by atoms with Crippen LogP contribution >= 0.6 is 11.6 Å². The molecule has 3 aromatic carbocycles. The Balaban J connectivity index is 2.12. The lowest BCUT2D eigenvalue weighted by molar-refractivity contribution is -0.140. The number of methoxy groups -OCH3 is 2. The maximum absolute atomic E-state index is 14.2. The number of ether oxygens (including phenoxy) is 2. The summed E-state index contributed by atoms with van der Waals surface area (Å²) in [5, 5.41) is 3.34. The van der Waals surface area contributed by atoms with Gasteiger partial charge in [0.1, 0.15) is 24.1 Å². The fourth-order valence-corrected chi connectivity index (χ4v) is 6.09. The van der Waals surface area contributed by atoms with E-state index < -0.39 is 28.5 Å². The van der Waals surface area contributed by atoms with E-state index >= 15 is 0 Å². The third-order valence-corrected chi connectivity index (χ3v) is 8.92. The number of anilines is 1. The summed E-state index contributed by atoms with van der Waals surface area (Å²) in [6, 6.07) is 18.7. The quantitative estimate of drug-likeness (QED) is 0.233. The van der Waals surface area contributed by atoms with E-state index in [4.69, 9.17) is 21.1 Å². The minimum absolute atomic E-state index is 0.00663. The van der Waals surface area contributed by atoms with Gasteiger partial charge in [-0.25, -0.2) is 8.42 Å². The van der Waals surface area contributed by atoms with E-state index in [1.807, 2.05) is 6.92 Å². The van der Waals surface area contributed by atoms with E-state index in [0.717, 1.165) is 17.1 Å². The third-order valence-electron chi connectivity index (χ3n) is 6.78. The molecule has 0 radical (unpaired) electrons. The Morgan fingerprint density at radius 2 is 1.64 bits per heavy atom. The van der Waals surface area contributed by atoms with Gasteiger partial charge in [-0.2, -0.15) is 0 Å². The summed E-state index contributed by atoms with van der Waals surface area (Å²) in [6.07, 6.45) is 2.00. The molecule has 42 heavy (non-hydrogen) atoms. The van der Waals surface area contributed by atoms with Crippen molar-refractivity contribution in [3.8, 4) is 11.5 Å². The second kappa shape index (κ2) is 15.5. The number of carbonyl (C=O) groups excluding carboxylic acids is 2. The van der Waals surface area contributed by atoms with Crippen LogP contribution < -0.4 is 19.1 Å². The molecule has 9 nitrogen and oxygen atoms in total. The van der Waals surface area contributed by atoms with Crippen LogP contribution in [0, 0.1) is 0 Å². The highest BCUT2D eigenvalue weighted by atomic mass is 35.5. The van der Waals surface area contributed by atoms with Crippen molar-refractivity contribution >= 4 is 39.1 Å². The van der Waals surface area contributed by atoms with Gasteiger partial charge in [-0.3, -0.25) is 13.9 Å². The standard InChI is InChI=1S/C31H38ClN3O6S/c1-5-7-19-33-31(37)27(6-2)34(21-23-13-11-12-16-26(23)32)30(36)22-35(42(38,39)25-14-9-8-10-15-25)28-20-24(40-3)17-18-29(28)41-4/h8-18,20,27H,5-7,19,21-22H2,1-4H3,(H,33,37)/t27-/m1/s1. The summed E-state index contributed by atoms with van der Waals surface area (Å²) in [7, 11) is -1.39. The fraction of sp³-hybridized carbons (Fsp3) is 0.355. The number of rotatable bonds is 15. The van der Waals surface area contributed by atoms with Gasteiger partial charge in [0.05, 0.1) is 24.8 Å². The Morgan fingerprint density at radius 3 is 2.26 bits per heavy atom. The number of hydrogen-bond donors (Lipinski definition) is 1. The van der Waals surface area contributed by atoms with E-state index in [0.29, 0.717) is 29.3 Å². The molecule has 0 fully saturated rings. The maximum atomic E-state index is 14.2. The molecule has 1 N–H and O–H groups in total. The van der Waals surface area contributed by atoms with Crippen LogP contribution in [0.5, 0.6) is 11.5 Å². The van der Waals surface area contributed by atoms with E-state index in [9.17, 15) is 18.0 Å². The van der Waals surface area contributed by atoms with Gasteiger partial charge in [-0.1, -0.05) is 68.3 Å². The molecule has 2 amide bonds. The van der Waals surface area contributed by atoms with Gasteiger partial charge in [0.25, 0.3) is 10.0 Å². The lowest BCUT2D eigenvalue weighted by Crippen LogP contribution is -2.52. The molecule has 226 valence electrons. The summed E-state index contributed by atoms with van der Waals surface area (Å²) >= 11 is 6.45. The number of unbranched alkanes of at least 4 members (excludes halogenated alkanes) is 1. The molecule has 0 bridgehead atoms. The molecule has 11 heteroatoms. The van der Waals surface area contributed by atoms with Gasteiger partial charge >= 0.3 is 0 Å². The summed E-state index contributed by atoms with van der Waals surface area (Å²) in [4.78, 5) is 28.9. The minimum atomic E-state index is -4.27. The first-order valence-electron chi connectivity index (χ1n) is 13.8. The zero-order valence-corrected chi connectivity index (χ0v) is 26.0. The zero-order valence-electron chi connectivity index (χ0n) is 24.4. The van der Waals surface area contributed by atoms with Crippen molar-refractivity contribution in [3.05, 3.63) is 83.4 Å². The average molecular weight is 616 g/mol. The van der Waals surface area contributed by atoms with Crippen LogP contribution in [-0.2, 0) is 26.2 Å². The number of nitrogens with zero attached hydrogens (tertiary/aromatic N) is 2. The first-order valence-corrected chi connectivity index (χ1v) is 15.6. The second-order valence-electron chi connectivity index (χ2n) is 9.54. The number of sulfonamides is 1. The molecule has 0 spiro atoms. The number of halogens is 1. The van der Waals surface area contributed by atoms with Crippen LogP contribution in [0.15, 0.2) is 77.7 Å². The van der Waals surface area contributed by atoms with Crippen molar-refractivity contribution in [3.63, 3.8) is 0 Å². The first-order chi connectivity index (χ1) is 20.2.